The second-order valence-corrected chi connectivity index (χ2v) is 6.87. The first-order valence-electron chi connectivity index (χ1n) is 8.97. The number of phenols is 1. The molecule has 2 aromatic rings. The topological polar surface area (TPSA) is 32.7 Å². The van der Waals surface area contributed by atoms with Crippen LogP contribution in [0.15, 0.2) is 42.5 Å². The number of hydrogen-bond donors (Lipinski definition) is 1. The van der Waals surface area contributed by atoms with Crippen molar-refractivity contribution in [3.05, 3.63) is 59.4 Å². The number of benzene rings is 2. The molecule has 0 aromatic heterocycles. The van der Waals surface area contributed by atoms with E-state index in [9.17, 15) is 9.50 Å². The predicted molar refractivity (Wildman–Crippen MR) is 97.4 cm³/mol. The normalized spacial score (nSPS) is 18.2. The molecule has 0 saturated carbocycles. The molecule has 134 valence electrons. The van der Waals surface area contributed by atoms with E-state index in [4.69, 9.17) is 4.74 Å². The van der Waals surface area contributed by atoms with E-state index in [-0.39, 0.29) is 11.6 Å². The number of methoxy groups -OCH3 is 1. The van der Waals surface area contributed by atoms with Crippen molar-refractivity contribution >= 4 is 0 Å². The molecule has 1 fully saturated rings. The Morgan fingerprint density at radius 3 is 2.84 bits per heavy atom. The van der Waals surface area contributed by atoms with Gasteiger partial charge in [-0.15, -0.1) is 0 Å². The molecule has 1 aliphatic rings. The lowest BCUT2D eigenvalue weighted by molar-refractivity contribution is 0.160. The zero-order valence-electron chi connectivity index (χ0n) is 14.7. The number of piperidine rings is 1. The van der Waals surface area contributed by atoms with Crippen molar-refractivity contribution in [2.45, 2.75) is 32.2 Å². The van der Waals surface area contributed by atoms with Gasteiger partial charge >= 0.3 is 0 Å². The van der Waals surface area contributed by atoms with E-state index in [1.165, 1.54) is 12.5 Å². The first-order valence-corrected chi connectivity index (χ1v) is 8.97. The molecule has 25 heavy (non-hydrogen) atoms. The lowest BCUT2D eigenvalue weighted by atomic mass is 9.91. The van der Waals surface area contributed by atoms with Gasteiger partial charge in [-0.2, -0.15) is 0 Å². The summed E-state index contributed by atoms with van der Waals surface area (Å²) in [5, 5.41) is 9.74. The van der Waals surface area contributed by atoms with Gasteiger partial charge in [0.15, 0.2) is 0 Å². The molecule has 4 heteroatoms. The Labute approximate surface area is 149 Å². The molecule has 1 heterocycles. The first kappa shape index (κ1) is 17.7. The summed E-state index contributed by atoms with van der Waals surface area (Å²) in [5.41, 5.74) is 1.83. The summed E-state index contributed by atoms with van der Waals surface area (Å²) in [6.07, 6.45) is 4.15. The van der Waals surface area contributed by atoms with Gasteiger partial charge in [0.25, 0.3) is 0 Å². The summed E-state index contributed by atoms with van der Waals surface area (Å²) in [5.74, 6) is 1.56. The molecule has 1 N–H and O–H groups in total. The van der Waals surface area contributed by atoms with Crippen LogP contribution in [0.3, 0.4) is 0 Å². The van der Waals surface area contributed by atoms with E-state index in [0.29, 0.717) is 5.92 Å². The summed E-state index contributed by atoms with van der Waals surface area (Å²) in [7, 11) is 1.66. The lowest BCUT2D eigenvalue weighted by Crippen LogP contribution is -2.35. The summed E-state index contributed by atoms with van der Waals surface area (Å²) in [6, 6.07) is 12.3. The van der Waals surface area contributed by atoms with Gasteiger partial charge in [0.05, 0.1) is 7.11 Å². The average molecular weight is 343 g/mol. The Bertz CT molecular complexity index is 704. The predicted octanol–water partition coefficient (Wildman–Crippen LogP) is 4.38. The molecule has 3 nitrogen and oxygen atoms in total. The van der Waals surface area contributed by atoms with Crippen molar-refractivity contribution in [1.29, 1.82) is 0 Å². The number of likely N-dealkylation sites (tertiary alicyclic amines) is 1. The smallest absolute Gasteiger partial charge is 0.126 e. The Morgan fingerprint density at radius 2 is 2.04 bits per heavy atom. The molecule has 2 aromatic carbocycles. The highest BCUT2D eigenvalue weighted by Gasteiger charge is 2.21. The van der Waals surface area contributed by atoms with Gasteiger partial charge in [-0.1, -0.05) is 18.2 Å². The highest BCUT2D eigenvalue weighted by Crippen LogP contribution is 2.28. The number of ether oxygens (including phenoxy) is 1. The molecule has 0 unspecified atom stereocenters. The van der Waals surface area contributed by atoms with Gasteiger partial charge in [0.1, 0.15) is 17.3 Å². The summed E-state index contributed by atoms with van der Waals surface area (Å²) >= 11 is 0. The van der Waals surface area contributed by atoms with Crippen molar-refractivity contribution in [3.63, 3.8) is 0 Å². The van der Waals surface area contributed by atoms with Crippen LogP contribution in [0.5, 0.6) is 11.5 Å². The highest BCUT2D eigenvalue weighted by atomic mass is 19.1. The number of aryl methyl sites for hydroxylation is 1. The van der Waals surface area contributed by atoms with Gasteiger partial charge in [-0.05, 0) is 68.0 Å². The van der Waals surface area contributed by atoms with Crippen LogP contribution in [0.25, 0.3) is 0 Å². The SMILES string of the molecule is COc1ccc(O)cc1CN1CCC[C@H](CCc2ccccc2F)C1. The lowest BCUT2D eigenvalue weighted by Gasteiger charge is -2.33. The third kappa shape index (κ3) is 4.73. The Balaban J connectivity index is 1.58. The number of nitrogens with zero attached hydrogens (tertiary/aromatic N) is 1. The van der Waals surface area contributed by atoms with E-state index in [1.54, 1.807) is 25.3 Å². The van der Waals surface area contributed by atoms with Crippen LogP contribution in [-0.4, -0.2) is 30.2 Å². The molecule has 0 radical (unpaired) electrons. The van der Waals surface area contributed by atoms with Crippen molar-refractivity contribution in [1.82, 2.24) is 4.90 Å². The molecule has 1 saturated heterocycles. The third-order valence-corrected chi connectivity index (χ3v) is 5.04. The van der Waals surface area contributed by atoms with Crippen molar-refractivity contribution in [2.24, 2.45) is 5.92 Å². The Hall–Kier alpha value is -2.07. The zero-order chi connectivity index (χ0) is 17.6. The molecule has 0 amide bonds. The average Bonchev–Trinajstić information content (AvgIpc) is 2.62. The van der Waals surface area contributed by atoms with Crippen LogP contribution in [0, 0.1) is 11.7 Å². The minimum absolute atomic E-state index is 0.0975. The van der Waals surface area contributed by atoms with E-state index in [2.05, 4.69) is 4.90 Å². The van der Waals surface area contributed by atoms with Crippen LogP contribution in [-0.2, 0) is 13.0 Å². The molecule has 3 rings (SSSR count). The highest BCUT2D eigenvalue weighted by molar-refractivity contribution is 5.39. The van der Waals surface area contributed by atoms with Crippen molar-refractivity contribution < 1.29 is 14.2 Å². The molecule has 0 aliphatic carbocycles. The number of rotatable bonds is 6. The number of hydrogen-bond acceptors (Lipinski definition) is 3. The molecule has 1 atom stereocenters. The monoisotopic (exact) mass is 343 g/mol. The maximum atomic E-state index is 13.8. The van der Waals surface area contributed by atoms with Crippen LogP contribution in [0.4, 0.5) is 4.39 Å². The minimum atomic E-state index is -0.0975. The summed E-state index contributed by atoms with van der Waals surface area (Å²) in [6.45, 7) is 2.83. The van der Waals surface area contributed by atoms with Crippen molar-refractivity contribution in [2.75, 3.05) is 20.2 Å². The quantitative estimate of drug-likeness (QED) is 0.845. The maximum Gasteiger partial charge on any atom is 0.126 e. The molecular formula is C21H26FNO2. The summed E-state index contributed by atoms with van der Waals surface area (Å²) in [4.78, 5) is 2.41. The Kier molecular flexibility index (Phi) is 5.92. The van der Waals surface area contributed by atoms with Gasteiger partial charge < -0.3 is 9.84 Å². The van der Waals surface area contributed by atoms with Crippen LogP contribution in [0.1, 0.15) is 30.4 Å². The zero-order valence-corrected chi connectivity index (χ0v) is 14.7. The summed E-state index contributed by atoms with van der Waals surface area (Å²) < 4.78 is 19.2. The van der Waals surface area contributed by atoms with Gasteiger partial charge in [0.2, 0.25) is 0 Å². The third-order valence-electron chi connectivity index (χ3n) is 5.04. The largest absolute Gasteiger partial charge is 0.508 e. The number of halogens is 1. The van der Waals surface area contributed by atoms with E-state index < -0.39 is 0 Å². The van der Waals surface area contributed by atoms with Crippen molar-refractivity contribution in [3.8, 4) is 11.5 Å². The van der Waals surface area contributed by atoms with E-state index in [1.807, 2.05) is 18.2 Å². The second kappa shape index (κ2) is 8.34. The minimum Gasteiger partial charge on any atom is -0.508 e. The molecule has 0 bridgehead atoms. The number of phenolic OH excluding ortho intramolecular Hbond substituents is 1. The molecular weight excluding hydrogens is 317 g/mol. The van der Waals surface area contributed by atoms with Crippen LogP contribution < -0.4 is 4.74 Å². The van der Waals surface area contributed by atoms with Gasteiger partial charge in [0, 0.05) is 18.7 Å². The van der Waals surface area contributed by atoms with Crippen LogP contribution in [0.2, 0.25) is 0 Å². The fraction of sp³-hybridized carbons (Fsp3) is 0.429. The first-order chi connectivity index (χ1) is 12.2. The fourth-order valence-electron chi connectivity index (χ4n) is 3.72. The molecule has 1 aliphatic heterocycles. The van der Waals surface area contributed by atoms with Gasteiger partial charge in [-0.25, -0.2) is 4.39 Å². The standard InChI is InChI=1S/C21H26FNO2/c1-25-21-11-10-19(24)13-18(21)15-23-12-4-5-16(14-23)8-9-17-6-2-3-7-20(17)22/h2-3,6-7,10-11,13,16,24H,4-5,8-9,12,14-15H2,1H3/t16-/m1/s1. The Morgan fingerprint density at radius 1 is 1.20 bits per heavy atom. The molecule has 0 spiro atoms. The second-order valence-electron chi connectivity index (χ2n) is 6.87. The number of aromatic hydroxyl groups is 1. The maximum absolute atomic E-state index is 13.8. The van der Waals surface area contributed by atoms with Crippen LogP contribution >= 0.6 is 0 Å². The van der Waals surface area contributed by atoms with E-state index >= 15 is 0 Å². The fourth-order valence-corrected chi connectivity index (χ4v) is 3.72. The van der Waals surface area contributed by atoms with Gasteiger partial charge in [-0.3, -0.25) is 4.90 Å². The van der Waals surface area contributed by atoms with E-state index in [0.717, 1.165) is 55.8 Å².